The lowest BCUT2D eigenvalue weighted by Crippen LogP contribution is -2.41. The number of likely N-dealkylation sites (tertiary alicyclic amines) is 1. The monoisotopic (exact) mass is 600 g/mol. The van der Waals surface area contributed by atoms with Crippen LogP contribution in [0.2, 0.25) is 0 Å². The van der Waals surface area contributed by atoms with E-state index in [4.69, 9.17) is 4.74 Å². The zero-order valence-corrected chi connectivity index (χ0v) is 30.4. The van der Waals surface area contributed by atoms with E-state index in [1.54, 1.807) is 19.4 Å². The molecule has 1 aliphatic heterocycles. The molecule has 7 heteroatoms. The van der Waals surface area contributed by atoms with Gasteiger partial charge in [0, 0.05) is 32.7 Å². The molecule has 0 unspecified atom stereocenters. The Labute approximate surface area is 263 Å². The van der Waals surface area contributed by atoms with Crippen LogP contribution < -0.4 is 10.6 Å². The Morgan fingerprint density at radius 3 is 1.67 bits per heavy atom. The van der Waals surface area contributed by atoms with Crippen molar-refractivity contribution in [3.63, 3.8) is 0 Å². The molecular weight excluding hydrogens is 526 g/mol. The van der Waals surface area contributed by atoms with E-state index in [1.807, 2.05) is 93.2 Å². The van der Waals surface area contributed by atoms with E-state index in [2.05, 4.69) is 57.4 Å². The molecule has 2 fully saturated rings. The van der Waals surface area contributed by atoms with Gasteiger partial charge in [0.15, 0.2) is 0 Å². The summed E-state index contributed by atoms with van der Waals surface area (Å²) in [5.74, 6) is 0.865. The van der Waals surface area contributed by atoms with E-state index in [0.29, 0.717) is 25.4 Å². The van der Waals surface area contributed by atoms with Crippen molar-refractivity contribution in [1.82, 2.24) is 15.5 Å². The summed E-state index contributed by atoms with van der Waals surface area (Å²) in [7, 11) is 1.71. The number of aliphatic hydroxyl groups is 1. The van der Waals surface area contributed by atoms with Crippen LogP contribution in [0.25, 0.3) is 0 Å². The molecule has 0 aromatic heterocycles. The number of amides is 2. The second-order valence-electron chi connectivity index (χ2n) is 9.55. The maximum absolute atomic E-state index is 11.7. The van der Waals surface area contributed by atoms with Gasteiger partial charge in [-0.2, -0.15) is 0 Å². The first kappa shape index (κ1) is 55.4. The summed E-state index contributed by atoms with van der Waals surface area (Å²) < 4.78 is 4.94. The molecule has 0 radical (unpaired) electrons. The van der Waals surface area contributed by atoms with Crippen molar-refractivity contribution in [2.45, 2.75) is 140 Å². The van der Waals surface area contributed by atoms with Gasteiger partial charge in [0.25, 0.3) is 0 Å². The lowest BCUT2D eigenvalue weighted by atomic mass is 10.2. The van der Waals surface area contributed by atoms with Gasteiger partial charge in [0.1, 0.15) is 6.04 Å². The molecule has 1 saturated carbocycles. The molecule has 0 spiro atoms. The normalized spacial score (nSPS) is 15.5. The summed E-state index contributed by atoms with van der Waals surface area (Å²) in [6, 6.07) is 0.162. The third kappa shape index (κ3) is 57.4. The van der Waals surface area contributed by atoms with Crippen LogP contribution in [-0.2, 0) is 14.3 Å². The number of carbonyl (C=O) groups is 2. The highest BCUT2D eigenvalue weighted by molar-refractivity contribution is 5.82. The highest BCUT2D eigenvalue weighted by Crippen LogP contribution is 2.22. The molecule has 2 atom stereocenters. The zero-order valence-electron chi connectivity index (χ0n) is 30.4. The fourth-order valence-corrected chi connectivity index (χ4v) is 2.04. The van der Waals surface area contributed by atoms with Gasteiger partial charge in [-0.25, -0.2) is 0 Å². The molecule has 42 heavy (non-hydrogen) atoms. The van der Waals surface area contributed by atoms with Gasteiger partial charge >= 0.3 is 0 Å². The van der Waals surface area contributed by atoms with Crippen molar-refractivity contribution in [3.8, 4) is 12.8 Å². The summed E-state index contributed by atoms with van der Waals surface area (Å²) in [6.45, 7) is 36.7. The predicted octanol–water partition coefficient (Wildman–Crippen LogP) is 7.77. The van der Waals surface area contributed by atoms with Crippen molar-refractivity contribution in [1.29, 1.82) is 0 Å². The Kier molecular flexibility index (Phi) is 59.9. The molecule has 252 valence electrons. The Bertz CT molecular complexity index is 590. The van der Waals surface area contributed by atoms with Crippen LogP contribution >= 0.6 is 0 Å². The number of carbonyl (C=O) groups excluding carboxylic acids is 2. The number of nitrogens with zero attached hydrogens (tertiary/aromatic N) is 1. The molecule has 2 rings (SSSR count). The van der Waals surface area contributed by atoms with Crippen molar-refractivity contribution >= 4 is 12.3 Å². The molecule has 1 aliphatic carbocycles. The highest BCUT2D eigenvalue weighted by Gasteiger charge is 2.36. The van der Waals surface area contributed by atoms with Crippen LogP contribution in [0.3, 0.4) is 0 Å². The van der Waals surface area contributed by atoms with Crippen molar-refractivity contribution < 1.29 is 19.4 Å². The van der Waals surface area contributed by atoms with Gasteiger partial charge in [0.05, 0.1) is 11.7 Å². The zero-order chi connectivity index (χ0) is 35.2. The minimum absolute atomic E-state index is 0.0314. The summed E-state index contributed by atoms with van der Waals surface area (Å²) >= 11 is 0. The van der Waals surface area contributed by atoms with E-state index in [-0.39, 0.29) is 17.6 Å². The molecule has 0 aromatic carbocycles. The largest absolute Gasteiger partial charge is 0.391 e. The van der Waals surface area contributed by atoms with Crippen LogP contribution in [0, 0.1) is 18.8 Å². The number of allylic oxidation sites excluding steroid dienone is 3. The predicted molar refractivity (Wildman–Crippen MR) is 188 cm³/mol. The van der Waals surface area contributed by atoms with Gasteiger partial charge in [-0.15, -0.1) is 12.8 Å². The maximum Gasteiger partial charge on any atom is 0.243 e. The lowest BCUT2D eigenvalue weighted by molar-refractivity contribution is -0.124. The molecular formula is C35H73N3O4. The number of β-amino-alcohol motifs (C(OH)–C–C–N with tert-alkyl or cyclic N) is 1. The number of ether oxygens (including phenoxy) is 1. The number of hydrogen-bond donors (Lipinski definition) is 3. The third-order valence-corrected chi connectivity index (χ3v) is 4.01. The first-order valence-corrected chi connectivity index (χ1v) is 15.5. The molecule has 0 bridgehead atoms. The summed E-state index contributed by atoms with van der Waals surface area (Å²) in [5, 5.41) is 14.8. The fourth-order valence-electron chi connectivity index (χ4n) is 2.04. The Balaban J connectivity index is -0.0000000749. The second-order valence-corrected chi connectivity index (χ2v) is 9.55. The van der Waals surface area contributed by atoms with Gasteiger partial charge in [0.2, 0.25) is 12.3 Å². The van der Waals surface area contributed by atoms with Crippen molar-refractivity contribution in [2.75, 3.05) is 20.2 Å². The minimum atomic E-state index is -0.400. The molecule has 1 heterocycles. The molecule has 0 aromatic rings. The molecule has 7 nitrogen and oxygen atoms in total. The number of rotatable bonds is 6. The lowest BCUT2D eigenvalue weighted by Gasteiger charge is -2.20. The van der Waals surface area contributed by atoms with E-state index in [0.717, 1.165) is 25.3 Å². The van der Waals surface area contributed by atoms with E-state index in [9.17, 15) is 14.7 Å². The summed E-state index contributed by atoms with van der Waals surface area (Å²) in [4.78, 5) is 22.8. The Hall–Kier alpha value is -2.56. The molecule has 2 amide bonds. The molecule has 3 N–H and O–H groups in total. The van der Waals surface area contributed by atoms with Gasteiger partial charge in [-0.05, 0) is 59.6 Å². The topological polar surface area (TPSA) is 90.9 Å². The highest BCUT2D eigenvalue weighted by atomic mass is 16.5. The fraction of sp³-hybridized carbons (Fsp3) is 0.714. The van der Waals surface area contributed by atoms with Gasteiger partial charge in [-0.3, -0.25) is 9.59 Å². The third-order valence-electron chi connectivity index (χ3n) is 4.01. The van der Waals surface area contributed by atoms with Crippen LogP contribution in [0.4, 0.5) is 0 Å². The Morgan fingerprint density at radius 2 is 1.48 bits per heavy atom. The van der Waals surface area contributed by atoms with Crippen LogP contribution in [0.1, 0.15) is 116 Å². The summed E-state index contributed by atoms with van der Waals surface area (Å²) in [5.41, 5.74) is 0.0417. The number of nitrogens with one attached hydrogen (secondary N) is 2. The molecule has 1 saturated heterocycles. The average molecular weight is 600 g/mol. The van der Waals surface area contributed by atoms with Crippen molar-refractivity contribution in [2.24, 2.45) is 5.92 Å². The first-order chi connectivity index (χ1) is 19.8. The van der Waals surface area contributed by atoms with Gasteiger partial charge < -0.3 is 25.4 Å². The number of methoxy groups -OCH3 is 1. The minimum Gasteiger partial charge on any atom is -0.391 e. The van der Waals surface area contributed by atoms with Gasteiger partial charge in [-0.1, -0.05) is 93.7 Å². The Morgan fingerprint density at radius 1 is 1.07 bits per heavy atom. The van der Waals surface area contributed by atoms with Crippen molar-refractivity contribution in [3.05, 3.63) is 37.6 Å². The second kappa shape index (κ2) is 45.4. The molecule has 2 aliphatic rings. The SMILES string of the molecule is C#C.C=C/C=C\C.C=CN1C[C@@H](O)C[C@H]1C(=O)NC1CC1.CC.CC.CC.CC(C)C.CCNC=O.COC(C)(C)C. The summed E-state index contributed by atoms with van der Waals surface area (Å²) in [6.07, 6.45) is 18.2. The number of terminal acetylenes is 1. The quantitative estimate of drug-likeness (QED) is 0.165. The first-order valence-electron chi connectivity index (χ1n) is 15.5. The smallest absolute Gasteiger partial charge is 0.243 e. The average Bonchev–Trinajstić information content (AvgIpc) is 3.71. The number of aliphatic hydroxyl groups excluding tert-OH is 1. The van der Waals surface area contributed by atoms with E-state index < -0.39 is 6.10 Å². The van der Waals surface area contributed by atoms with Crippen LogP contribution in [0.5, 0.6) is 0 Å². The maximum atomic E-state index is 11.7. The van der Waals surface area contributed by atoms with E-state index >= 15 is 0 Å². The number of hydrogen-bond acceptors (Lipinski definition) is 5. The standard InChI is InChI=1S/C10H16N2O2.C5H12O.C5H8.C4H10.C3H7NO.3C2H6.C2H2/c1-2-12-6-8(13)5-9(12)10(14)11-7-3-4-7;1-5(2,3)6-4;1-3-5-4-2;1-4(2)3;1-2-4-3-5;4*1-2/h2,7-9,13H,1,3-6H2,(H,11,14);1-4H3;3-5H,1H2,2H3;4H,1-3H3;3H,2H2,1H3,(H,4,5);3*1-2H3;1-2H/b;;5-4-;;;;;;/t8-,9-;;;;;;;;/m0......../s1. The van der Waals surface area contributed by atoms with Crippen LogP contribution in [0.15, 0.2) is 37.6 Å². The van der Waals surface area contributed by atoms with Crippen LogP contribution in [-0.4, -0.2) is 66.3 Å². The van der Waals surface area contributed by atoms with E-state index in [1.165, 1.54) is 0 Å².